The number of alkyl halides is 3. The van der Waals surface area contributed by atoms with Gasteiger partial charge in [-0.15, -0.1) is 0 Å². The molecule has 7 nitrogen and oxygen atoms in total. The molecule has 0 aliphatic carbocycles. The third kappa shape index (κ3) is 5.32. The zero-order valence-corrected chi connectivity index (χ0v) is 17.9. The Labute approximate surface area is 187 Å². The molecule has 0 saturated carbocycles. The van der Waals surface area contributed by atoms with Gasteiger partial charge >= 0.3 is 6.18 Å². The molecule has 1 aliphatic rings. The Balaban J connectivity index is 1.90. The monoisotopic (exact) mass is 468 g/mol. The Kier molecular flexibility index (Phi) is 6.95. The first-order valence-electron chi connectivity index (χ1n) is 9.52. The van der Waals surface area contributed by atoms with E-state index in [0.29, 0.717) is 11.4 Å². The molecule has 3 rings (SSSR count). The van der Waals surface area contributed by atoms with Crippen LogP contribution in [0.1, 0.15) is 13.3 Å². The number of nitrogens with one attached hydrogen (secondary N) is 3. The first-order chi connectivity index (χ1) is 15.1. The number of benzene rings is 2. The fourth-order valence-corrected chi connectivity index (χ4v) is 3.32. The molecular weight excluding hydrogens is 449 g/mol. The number of carbonyl (C=O) groups is 2. The standard InChI is InChI=1S/C21H20ClF3N4O3/c1-3-18(30)27-13-8-12(22)9-14(10-13)28-20(31)17-11-26-29(19(17)21(23,24)25)15-4-6-16(32-2)7-5-15/h4-10,26H,3,11H2,1-2H3,(H,27,30)(H,28,31). The smallest absolute Gasteiger partial charge is 0.433 e. The van der Waals surface area contributed by atoms with Crippen LogP contribution in [0.5, 0.6) is 5.75 Å². The number of hydrazine groups is 1. The van der Waals surface area contributed by atoms with E-state index in [0.717, 1.165) is 5.01 Å². The van der Waals surface area contributed by atoms with Crippen molar-refractivity contribution in [1.82, 2.24) is 5.43 Å². The number of hydrogen-bond donors (Lipinski definition) is 3. The number of carbonyl (C=O) groups excluding carboxylic acids is 2. The van der Waals surface area contributed by atoms with Crippen LogP contribution >= 0.6 is 11.6 Å². The topological polar surface area (TPSA) is 82.7 Å². The second-order valence-electron chi connectivity index (χ2n) is 6.78. The Morgan fingerprint density at radius 2 is 1.75 bits per heavy atom. The zero-order chi connectivity index (χ0) is 23.5. The van der Waals surface area contributed by atoms with Crippen molar-refractivity contribution in [3.8, 4) is 5.75 Å². The number of anilines is 3. The van der Waals surface area contributed by atoms with Crippen molar-refractivity contribution in [3.05, 3.63) is 58.8 Å². The minimum absolute atomic E-state index is 0.144. The third-order valence-electron chi connectivity index (χ3n) is 4.56. The van der Waals surface area contributed by atoms with E-state index in [2.05, 4.69) is 16.1 Å². The van der Waals surface area contributed by atoms with Gasteiger partial charge in [-0.2, -0.15) is 13.2 Å². The van der Waals surface area contributed by atoms with Crippen molar-refractivity contribution in [1.29, 1.82) is 0 Å². The highest BCUT2D eigenvalue weighted by molar-refractivity contribution is 6.31. The molecule has 2 amide bonds. The predicted molar refractivity (Wildman–Crippen MR) is 116 cm³/mol. The molecule has 0 atom stereocenters. The van der Waals surface area contributed by atoms with Crippen molar-refractivity contribution in [2.45, 2.75) is 19.5 Å². The predicted octanol–water partition coefficient (Wildman–Crippen LogP) is 4.48. The fourth-order valence-electron chi connectivity index (χ4n) is 3.08. The lowest BCUT2D eigenvalue weighted by Crippen LogP contribution is -2.36. The maximum absolute atomic E-state index is 13.9. The van der Waals surface area contributed by atoms with Gasteiger partial charge in [0.2, 0.25) is 5.91 Å². The molecule has 0 fully saturated rings. The van der Waals surface area contributed by atoms with E-state index in [4.69, 9.17) is 16.3 Å². The van der Waals surface area contributed by atoms with E-state index in [1.807, 2.05) is 0 Å². The summed E-state index contributed by atoms with van der Waals surface area (Å²) in [5.74, 6) is -0.743. The maximum atomic E-state index is 13.9. The summed E-state index contributed by atoms with van der Waals surface area (Å²) in [6, 6.07) is 10.2. The van der Waals surface area contributed by atoms with E-state index in [1.54, 1.807) is 6.92 Å². The minimum Gasteiger partial charge on any atom is -0.497 e. The molecule has 170 valence electrons. The Hall–Kier alpha value is -3.24. The van der Waals surface area contributed by atoms with Gasteiger partial charge in [0.1, 0.15) is 11.4 Å². The third-order valence-corrected chi connectivity index (χ3v) is 4.78. The Morgan fingerprint density at radius 3 is 2.31 bits per heavy atom. The quantitative estimate of drug-likeness (QED) is 0.582. The number of halogens is 4. The van der Waals surface area contributed by atoms with Crippen LogP contribution in [-0.4, -0.2) is 31.6 Å². The Bertz CT molecular complexity index is 1060. The van der Waals surface area contributed by atoms with Gasteiger partial charge in [0, 0.05) is 29.4 Å². The number of nitrogens with zero attached hydrogens (tertiary/aromatic N) is 1. The number of ether oxygens (including phenoxy) is 1. The van der Waals surface area contributed by atoms with Gasteiger partial charge in [0.05, 0.1) is 18.4 Å². The van der Waals surface area contributed by atoms with Crippen molar-refractivity contribution in [2.24, 2.45) is 0 Å². The lowest BCUT2D eigenvalue weighted by Gasteiger charge is -2.24. The van der Waals surface area contributed by atoms with Crippen molar-refractivity contribution in [3.63, 3.8) is 0 Å². The molecule has 11 heteroatoms. The average molecular weight is 469 g/mol. The summed E-state index contributed by atoms with van der Waals surface area (Å²) in [7, 11) is 1.45. The average Bonchev–Trinajstić information content (AvgIpc) is 3.19. The van der Waals surface area contributed by atoms with E-state index in [-0.39, 0.29) is 35.3 Å². The van der Waals surface area contributed by atoms with E-state index < -0.39 is 23.4 Å². The van der Waals surface area contributed by atoms with Crippen molar-refractivity contribution < 1.29 is 27.5 Å². The van der Waals surface area contributed by atoms with Gasteiger partial charge in [-0.25, -0.2) is 5.43 Å². The number of rotatable bonds is 6. The number of methoxy groups -OCH3 is 1. The summed E-state index contributed by atoms with van der Waals surface area (Å²) >= 11 is 6.02. The summed E-state index contributed by atoms with van der Waals surface area (Å²) in [4.78, 5) is 24.4. The molecule has 1 aliphatic heterocycles. The van der Waals surface area contributed by atoms with Crippen LogP contribution in [0.4, 0.5) is 30.2 Å². The maximum Gasteiger partial charge on any atom is 0.433 e. The summed E-state index contributed by atoms with van der Waals surface area (Å²) < 4.78 is 46.7. The van der Waals surface area contributed by atoms with Crippen molar-refractivity contribution in [2.75, 3.05) is 29.3 Å². The van der Waals surface area contributed by atoms with Gasteiger partial charge < -0.3 is 15.4 Å². The van der Waals surface area contributed by atoms with Gasteiger partial charge in [-0.05, 0) is 42.5 Å². The normalized spacial score (nSPS) is 13.9. The molecular formula is C21H20ClF3N4O3. The summed E-state index contributed by atoms with van der Waals surface area (Å²) in [6.45, 7) is 1.32. The van der Waals surface area contributed by atoms with Crippen LogP contribution in [0.25, 0.3) is 0 Å². The molecule has 1 heterocycles. The SMILES string of the molecule is CCC(=O)Nc1cc(Cl)cc(NC(=O)C2=C(C(F)(F)F)N(c3ccc(OC)cc3)NC2)c1. The van der Waals surface area contributed by atoms with Gasteiger partial charge in [-0.1, -0.05) is 18.5 Å². The lowest BCUT2D eigenvalue weighted by atomic mass is 10.1. The first kappa shape index (κ1) is 23.4. The largest absolute Gasteiger partial charge is 0.497 e. The molecule has 0 radical (unpaired) electrons. The van der Waals surface area contributed by atoms with Gasteiger partial charge in [-0.3, -0.25) is 14.6 Å². The van der Waals surface area contributed by atoms with Crippen LogP contribution in [0.15, 0.2) is 53.7 Å². The summed E-state index contributed by atoms with van der Waals surface area (Å²) in [5.41, 5.74) is 1.62. The lowest BCUT2D eigenvalue weighted by molar-refractivity contribution is -0.116. The molecule has 0 unspecified atom stereocenters. The molecule has 0 saturated heterocycles. The number of allylic oxidation sites excluding steroid dienone is 1. The van der Waals surface area contributed by atoms with E-state index in [1.165, 1.54) is 49.6 Å². The molecule has 32 heavy (non-hydrogen) atoms. The van der Waals surface area contributed by atoms with Crippen molar-refractivity contribution >= 4 is 40.5 Å². The zero-order valence-electron chi connectivity index (χ0n) is 17.1. The molecule has 3 N–H and O–H groups in total. The molecule has 0 aromatic heterocycles. The second-order valence-corrected chi connectivity index (χ2v) is 7.21. The Morgan fingerprint density at radius 1 is 1.12 bits per heavy atom. The number of hydrogen-bond acceptors (Lipinski definition) is 5. The molecule has 2 aromatic rings. The fraction of sp³-hybridized carbons (Fsp3) is 0.238. The van der Waals surface area contributed by atoms with E-state index >= 15 is 0 Å². The number of amides is 2. The van der Waals surface area contributed by atoms with Crippen LogP contribution in [0.3, 0.4) is 0 Å². The van der Waals surface area contributed by atoms with E-state index in [9.17, 15) is 22.8 Å². The van der Waals surface area contributed by atoms with Crippen LogP contribution in [0.2, 0.25) is 5.02 Å². The summed E-state index contributed by atoms with van der Waals surface area (Å²) in [6.07, 6.45) is -4.58. The van der Waals surface area contributed by atoms with Crippen LogP contribution < -0.4 is 25.8 Å². The highest BCUT2D eigenvalue weighted by Gasteiger charge is 2.45. The van der Waals surface area contributed by atoms with Crippen LogP contribution in [0, 0.1) is 0 Å². The van der Waals surface area contributed by atoms with Gasteiger partial charge in [0.25, 0.3) is 5.91 Å². The highest BCUT2D eigenvalue weighted by atomic mass is 35.5. The first-order valence-corrected chi connectivity index (χ1v) is 9.90. The second kappa shape index (κ2) is 9.49. The summed E-state index contributed by atoms with van der Waals surface area (Å²) in [5, 5.41) is 6.03. The molecule has 0 bridgehead atoms. The highest BCUT2D eigenvalue weighted by Crippen LogP contribution is 2.37. The van der Waals surface area contributed by atoms with Crippen LogP contribution in [-0.2, 0) is 9.59 Å². The molecule has 0 spiro atoms. The molecule has 2 aromatic carbocycles. The van der Waals surface area contributed by atoms with Gasteiger partial charge in [0.15, 0.2) is 0 Å². The minimum atomic E-state index is -4.80.